The lowest BCUT2D eigenvalue weighted by molar-refractivity contribution is -0.137. The fourth-order valence-electron chi connectivity index (χ4n) is 1.64. The van der Waals surface area contributed by atoms with E-state index >= 15 is 0 Å². The molecule has 0 saturated carbocycles. The summed E-state index contributed by atoms with van der Waals surface area (Å²) in [5.74, 6) is 0. The van der Waals surface area contributed by atoms with E-state index in [1.807, 2.05) is 18.2 Å². The van der Waals surface area contributed by atoms with E-state index in [2.05, 4.69) is 37.2 Å². The van der Waals surface area contributed by atoms with Crippen LogP contribution in [0.4, 0.5) is 18.9 Å². The highest BCUT2D eigenvalue weighted by Gasteiger charge is 2.29. The van der Waals surface area contributed by atoms with E-state index in [4.69, 9.17) is 0 Å². The number of hydrogen-bond acceptors (Lipinski definition) is 1. The largest absolute Gasteiger partial charge is 0.416 e. The molecule has 0 aromatic heterocycles. The minimum absolute atomic E-state index is 0.452. The fourth-order valence-corrected chi connectivity index (χ4v) is 2.39. The average molecular weight is 409 g/mol. The van der Waals surface area contributed by atoms with E-state index in [9.17, 15) is 13.2 Å². The van der Waals surface area contributed by atoms with E-state index in [0.717, 1.165) is 32.3 Å². The third kappa shape index (κ3) is 3.99. The third-order valence-corrected chi connectivity index (χ3v) is 3.88. The van der Waals surface area contributed by atoms with Crippen LogP contribution in [0.3, 0.4) is 0 Å². The Morgan fingerprint density at radius 3 is 2.20 bits per heavy atom. The van der Waals surface area contributed by atoms with Gasteiger partial charge in [-0.05, 0) is 51.8 Å². The molecule has 0 aliphatic rings. The lowest BCUT2D eigenvalue weighted by Gasteiger charge is -2.11. The lowest BCUT2D eigenvalue weighted by Crippen LogP contribution is -2.05. The second kappa shape index (κ2) is 6.18. The van der Waals surface area contributed by atoms with Gasteiger partial charge in [0.2, 0.25) is 0 Å². The van der Waals surface area contributed by atoms with Crippen LogP contribution in [-0.4, -0.2) is 0 Å². The zero-order valence-corrected chi connectivity index (χ0v) is 13.3. The van der Waals surface area contributed by atoms with Crippen molar-refractivity contribution in [2.24, 2.45) is 0 Å². The third-order valence-electron chi connectivity index (χ3n) is 2.69. The van der Waals surface area contributed by atoms with Crippen LogP contribution in [0.25, 0.3) is 0 Å². The van der Waals surface area contributed by atoms with Gasteiger partial charge in [0.15, 0.2) is 0 Å². The molecule has 2 aromatic rings. The number of benzene rings is 2. The van der Waals surface area contributed by atoms with Gasteiger partial charge in [0, 0.05) is 21.2 Å². The molecule has 0 atom stereocenters. The minimum atomic E-state index is -4.29. The SMILES string of the molecule is FC(F)(F)c1ccc(CNc2cc(Br)ccc2Br)cc1. The van der Waals surface area contributed by atoms with Crippen LogP contribution in [0.15, 0.2) is 51.4 Å². The summed E-state index contributed by atoms with van der Waals surface area (Å²) < 4.78 is 39.1. The standard InChI is InChI=1S/C14H10Br2F3N/c15-11-5-6-12(16)13(7-11)20-8-9-1-3-10(4-2-9)14(17,18)19/h1-7,20H,8H2. The van der Waals surface area contributed by atoms with E-state index in [1.54, 1.807) is 0 Å². The Kier molecular flexibility index (Phi) is 4.75. The Bertz CT molecular complexity index is 594. The molecule has 6 heteroatoms. The van der Waals surface area contributed by atoms with Gasteiger partial charge in [-0.2, -0.15) is 13.2 Å². The minimum Gasteiger partial charge on any atom is -0.380 e. The molecule has 0 unspecified atom stereocenters. The summed E-state index contributed by atoms with van der Waals surface area (Å²) in [6, 6.07) is 10.8. The van der Waals surface area contributed by atoms with Crippen LogP contribution in [-0.2, 0) is 12.7 Å². The van der Waals surface area contributed by atoms with Gasteiger partial charge >= 0.3 is 6.18 Å². The maximum Gasteiger partial charge on any atom is 0.416 e. The molecule has 0 amide bonds. The van der Waals surface area contributed by atoms with Crippen LogP contribution in [0.1, 0.15) is 11.1 Å². The molecule has 0 heterocycles. The molecule has 0 fully saturated rings. The quantitative estimate of drug-likeness (QED) is 0.672. The number of hydrogen-bond donors (Lipinski definition) is 1. The van der Waals surface area contributed by atoms with Crippen molar-refractivity contribution in [2.45, 2.75) is 12.7 Å². The van der Waals surface area contributed by atoms with Gasteiger partial charge in [0.25, 0.3) is 0 Å². The first-order valence-electron chi connectivity index (χ1n) is 5.71. The maximum absolute atomic E-state index is 12.4. The molecule has 2 rings (SSSR count). The Balaban J connectivity index is 2.06. The van der Waals surface area contributed by atoms with Crippen molar-refractivity contribution in [1.82, 2.24) is 0 Å². The molecule has 106 valence electrons. The van der Waals surface area contributed by atoms with Gasteiger partial charge in [0.05, 0.1) is 5.56 Å². The summed E-state index contributed by atoms with van der Waals surface area (Å²) in [4.78, 5) is 0. The second-order valence-corrected chi connectivity index (χ2v) is 5.94. The normalized spacial score (nSPS) is 11.4. The highest BCUT2D eigenvalue weighted by atomic mass is 79.9. The van der Waals surface area contributed by atoms with Gasteiger partial charge in [-0.3, -0.25) is 0 Å². The number of halogens is 5. The molecule has 0 saturated heterocycles. The second-order valence-electron chi connectivity index (χ2n) is 4.17. The molecule has 0 bridgehead atoms. The number of rotatable bonds is 3. The summed E-state index contributed by atoms with van der Waals surface area (Å²) in [6.07, 6.45) is -4.29. The van der Waals surface area contributed by atoms with Crippen molar-refractivity contribution in [3.63, 3.8) is 0 Å². The van der Waals surface area contributed by atoms with Crippen molar-refractivity contribution in [3.05, 3.63) is 62.5 Å². The zero-order chi connectivity index (χ0) is 14.8. The molecule has 0 aliphatic carbocycles. The predicted octanol–water partition coefficient (Wildman–Crippen LogP) is 5.84. The van der Waals surface area contributed by atoms with Gasteiger partial charge < -0.3 is 5.32 Å². The number of nitrogens with one attached hydrogen (secondary N) is 1. The molecule has 0 radical (unpaired) electrons. The lowest BCUT2D eigenvalue weighted by atomic mass is 10.1. The Morgan fingerprint density at radius 1 is 0.950 bits per heavy atom. The Labute approximate surface area is 131 Å². The fraction of sp³-hybridized carbons (Fsp3) is 0.143. The van der Waals surface area contributed by atoms with Crippen molar-refractivity contribution in [3.8, 4) is 0 Å². The molecule has 1 nitrogen and oxygen atoms in total. The molecule has 0 spiro atoms. The van der Waals surface area contributed by atoms with E-state index in [1.165, 1.54) is 12.1 Å². The first kappa shape index (κ1) is 15.4. The monoisotopic (exact) mass is 407 g/mol. The van der Waals surface area contributed by atoms with Gasteiger partial charge in [-0.25, -0.2) is 0 Å². The van der Waals surface area contributed by atoms with E-state index < -0.39 is 11.7 Å². The highest BCUT2D eigenvalue weighted by molar-refractivity contribution is 9.11. The summed E-state index contributed by atoms with van der Waals surface area (Å²) >= 11 is 6.78. The van der Waals surface area contributed by atoms with Crippen LogP contribution in [0.2, 0.25) is 0 Å². The van der Waals surface area contributed by atoms with Crippen LogP contribution < -0.4 is 5.32 Å². The number of anilines is 1. The first-order chi connectivity index (χ1) is 9.36. The van der Waals surface area contributed by atoms with Gasteiger partial charge in [-0.15, -0.1) is 0 Å². The molecular formula is C14H10Br2F3N. The average Bonchev–Trinajstić information content (AvgIpc) is 2.39. The smallest absolute Gasteiger partial charge is 0.380 e. The Morgan fingerprint density at radius 2 is 1.60 bits per heavy atom. The maximum atomic E-state index is 12.4. The molecule has 0 aliphatic heterocycles. The molecular weight excluding hydrogens is 399 g/mol. The van der Waals surface area contributed by atoms with Crippen molar-refractivity contribution < 1.29 is 13.2 Å². The van der Waals surface area contributed by atoms with E-state index in [-0.39, 0.29) is 0 Å². The summed E-state index contributed by atoms with van der Waals surface area (Å²) in [5, 5.41) is 3.17. The van der Waals surface area contributed by atoms with Crippen LogP contribution in [0, 0.1) is 0 Å². The first-order valence-corrected chi connectivity index (χ1v) is 7.30. The van der Waals surface area contributed by atoms with Crippen molar-refractivity contribution in [2.75, 3.05) is 5.32 Å². The van der Waals surface area contributed by atoms with Crippen LogP contribution in [0.5, 0.6) is 0 Å². The molecule has 2 aromatic carbocycles. The van der Waals surface area contributed by atoms with Crippen LogP contribution >= 0.6 is 31.9 Å². The zero-order valence-electron chi connectivity index (χ0n) is 10.1. The number of alkyl halides is 3. The van der Waals surface area contributed by atoms with Gasteiger partial charge in [-0.1, -0.05) is 28.1 Å². The summed E-state index contributed by atoms with van der Waals surface area (Å²) in [6.45, 7) is 0.452. The van der Waals surface area contributed by atoms with Gasteiger partial charge in [0.1, 0.15) is 0 Å². The summed E-state index contributed by atoms with van der Waals surface area (Å²) in [7, 11) is 0. The highest BCUT2D eigenvalue weighted by Crippen LogP contribution is 2.30. The topological polar surface area (TPSA) is 12.0 Å². The summed E-state index contributed by atoms with van der Waals surface area (Å²) in [5.41, 5.74) is 1.02. The van der Waals surface area contributed by atoms with E-state index in [0.29, 0.717) is 6.54 Å². The van der Waals surface area contributed by atoms with Crippen molar-refractivity contribution >= 4 is 37.5 Å². The van der Waals surface area contributed by atoms with Crippen molar-refractivity contribution in [1.29, 1.82) is 0 Å². The Hall–Kier alpha value is -1.01. The molecule has 1 N–H and O–H groups in total. The predicted molar refractivity (Wildman–Crippen MR) is 80.6 cm³/mol. The molecule has 20 heavy (non-hydrogen) atoms.